The molecule has 2 aromatic carbocycles. The molecule has 0 saturated carbocycles. The minimum absolute atomic E-state index is 0.198. The predicted octanol–water partition coefficient (Wildman–Crippen LogP) is 4.29. The Bertz CT molecular complexity index is 606. The van der Waals surface area contributed by atoms with Crippen LogP contribution < -0.4 is 4.74 Å². The maximum Gasteiger partial charge on any atom is 0.336 e. The summed E-state index contributed by atoms with van der Waals surface area (Å²) in [5.74, 6) is -0.431. The van der Waals surface area contributed by atoms with Gasteiger partial charge in [0.2, 0.25) is 0 Å². The molecule has 20 heavy (non-hydrogen) atoms. The summed E-state index contributed by atoms with van der Waals surface area (Å²) in [6.45, 7) is 2.53. The molecule has 0 amide bonds. The minimum atomic E-state index is -0.977. The number of ether oxygens (including phenoxy) is 1. The van der Waals surface area contributed by atoms with Gasteiger partial charge in [0, 0.05) is 4.47 Å². The number of aromatic carboxylic acids is 1. The topological polar surface area (TPSA) is 46.5 Å². The second kappa shape index (κ2) is 6.57. The van der Waals surface area contributed by atoms with Crippen LogP contribution in [0.1, 0.15) is 28.4 Å². The standard InChI is InChI=1S/C16H15BrO3/c1-2-11-3-5-12(6-4-11)10-20-13-7-8-15(17)14(9-13)16(18)19/h3-9H,2,10H2,1H3,(H,18,19). The maximum atomic E-state index is 11.0. The maximum absolute atomic E-state index is 11.0. The normalized spacial score (nSPS) is 10.3. The SMILES string of the molecule is CCc1ccc(COc2ccc(Br)c(C(=O)O)c2)cc1. The van der Waals surface area contributed by atoms with Crippen LogP contribution in [0.15, 0.2) is 46.9 Å². The van der Waals surface area contributed by atoms with E-state index >= 15 is 0 Å². The number of carboxylic acids is 1. The van der Waals surface area contributed by atoms with E-state index in [-0.39, 0.29) is 5.56 Å². The first-order chi connectivity index (χ1) is 9.60. The highest BCUT2D eigenvalue weighted by Gasteiger charge is 2.09. The third-order valence-electron chi connectivity index (χ3n) is 3.00. The van der Waals surface area contributed by atoms with E-state index in [4.69, 9.17) is 9.84 Å². The number of carbonyl (C=O) groups is 1. The lowest BCUT2D eigenvalue weighted by Crippen LogP contribution is -2.00. The summed E-state index contributed by atoms with van der Waals surface area (Å²) in [6, 6.07) is 13.1. The minimum Gasteiger partial charge on any atom is -0.489 e. The van der Waals surface area contributed by atoms with E-state index in [1.807, 2.05) is 12.1 Å². The van der Waals surface area contributed by atoms with Crippen molar-refractivity contribution >= 4 is 21.9 Å². The lowest BCUT2D eigenvalue weighted by Gasteiger charge is -2.08. The summed E-state index contributed by atoms with van der Waals surface area (Å²) < 4.78 is 6.17. The van der Waals surface area contributed by atoms with Gasteiger partial charge in [-0.1, -0.05) is 31.2 Å². The van der Waals surface area contributed by atoms with Gasteiger partial charge in [0.25, 0.3) is 0 Å². The smallest absolute Gasteiger partial charge is 0.336 e. The molecule has 0 spiro atoms. The van der Waals surface area contributed by atoms with E-state index in [0.29, 0.717) is 16.8 Å². The van der Waals surface area contributed by atoms with Gasteiger partial charge in [0.1, 0.15) is 12.4 Å². The summed E-state index contributed by atoms with van der Waals surface area (Å²) in [7, 11) is 0. The summed E-state index contributed by atoms with van der Waals surface area (Å²) in [5.41, 5.74) is 2.54. The zero-order chi connectivity index (χ0) is 14.5. The van der Waals surface area contributed by atoms with Crippen molar-refractivity contribution in [2.45, 2.75) is 20.0 Å². The van der Waals surface area contributed by atoms with Gasteiger partial charge in [-0.25, -0.2) is 4.79 Å². The molecule has 0 fully saturated rings. The monoisotopic (exact) mass is 334 g/mol. The molecule has 0 heterocycles. The quantitative estimate of drug-likeness (QED) is 0.887. The highest BCUT2D eigenvalue weighted by molar-refractivity contribution is 9.10. The van der Waals surface area contributed by atoms with Crippen LogP contribution in [0.3, 0.4) is 0 Å². The van der Waals surface area contributed by atoms with Gasteiger partial charge in [-0.2, -0.15) is 0 Å². The van der Waals surface area contributed by atoms with Crippen molar-refractivity contribution < 1.29 is 14.6 Å². The first-order valence-electron chi connectivity index (χ1n) is 6.33. The molecule has 2 rings (SSSR count). The van der Waals surface area contributed by atoms with E-state index < -0.39 is 5.97 Å². The zero-order valence-electron chi connectivity index (χ0n) is 11.1. The fraction of sp³-hybridized carbons (Fsp3) is 0.188. The van der Waals surface area contributed by atoms with Crippen molar-refractivity contribution in [3.63, 3.8) is 0 Å². The van der Waals surface area contributed by atoms with Gasteiger partial charge in [-0.05, 0) is 51.7 Å². The summed E-state index contributed by atoms with van der Waals surface area (Å²) in [6.07, 6.45) is 1.01. The van der Waals surface area contributed by atoms with Crippen LogP contribution in [0.5, 0.6) is 5.75 Å². The lowest BCUT2D eigenvalue weighted by molar-refractivity contribution is 0.0695. The molecule has 0 unspecified atom stereocenters. The average molecular weight is 335 g/mol. The third kappa shape index (κ3) is 3.61. The molecule has 0 radical (unpaired) electrons. The summed E-state index contributed by atoms with van der Waals surface area (Å²) in [5, 5.41) is 9.05. The van der Waals surface area contributed by atoms with E-state index in [1.165, 1.54) is 11.6 Å². The van der Waals surface area contributed by atoms with Crippen molar-refractivity contribution in [2.75, 3.05) is 0 Å². The molecular weight excluding hydrogens is 320 g/mol. The highest BCUT2D eigenvalue weighted by atomic mass is 79.9. The first-order valence-corrected chi connectivity index (χ1v) is 7.13. The molecule has 4 heteroatoms. The van der Waals surface area contributed by atoms with Gasteiger partial charge < -0.3 is 9.84 Å². The average Bonchev–Trinajstić information content (AvgIpc) is 2.46. The molecule has 104 valence electrons. The Morgan fingerprint density at radius 2 is 1.80 bits per heavy atom. The molecule has 1 N–H and O–H groups in total. The summed E-state index contributed by atoms with van der Waals surface area (Å²) >= 11 is 3.21. The zero-order valence-corrected chi connectivity index (χ0v) is 12.7. The molecule has 0 bridgehead atoms. The molecule has 3 nitrogen and oxygen atoms in total. The number of carboxylic acid groups (broad SMARTS) is 1. The molecule has 0 aromatic heterocycles. The number of aryl methyl sites for hydroxylation is 1. The van der Waals surface area contributed by atoms with Gasteiger partial charge in [0.05, 0.1) is 5.56 Å². The van der Waals surface area contributed by atoms with Crippen LogP contribution in [-0.2, 0) is 13.0 Å². The second-order valence-corrected chi connectivity index (χ2v) is 5.26. The molecular formula is C16H15BrO3. The Kier molecular flexibility index (Phi) is 4.79. The number of hydrogen-bond donors (Lipinski definition) is 1. The first kappa shape index (κ1) is 14.6. The van der Waals surface area contributed by atoms with Crippen LogP contribution in [0, 0.1) is 0 Å². The Morgan fingerprint density at radius 3 is 2.40 bits per heavy atom. The summed E-state index contributed by atoms with van der Waals surface area (Å²) in [4.78, 5) is 11.0. The number of rotatable bonds is 5. The fourth-order valence-corrected chi connectivity index (χ4v) is 2.21. The Morgan fingerprint density at radius 1 is 1.15 bits per heavy atom. The van der Waals surface area contributed by atoms with Crippen LogP contribution in [0.4, 0.5) is 0 Å². The molecule has 0 saturated heterocycles. The van der Waals surface area contributed by atoms with Crippen molar-refractivity contribution in [1.29, 1.82) is 0 Å². The number of halogens is 1. The van der Waals surface area contributed by atoms with Crippen LogP contribution >= 0.6 is 15.9 Å². The number of hydrogen-bond acceptors (Lipinski definition) is 2. The molecule has 0 aliphatic carbocycles. The Labute approximate surface area is 126 Å². The Hall–Kier alpha value is -1.81. The van der Waals surface area contributed by atoms with Crippen LogP contribution in [0.25, 0.3) is 0 Å². The van der Waals surface area contributed by atoms with Crippen molar-refractivity contribution in [3.8, 4) is 5.75 Å². The van der Waals surface area contributed by atoms with Crippen molar-refractivity contribution in [2.24, 2.45) is 0 Å². The van der Waals surface area contributed by atoms with Gasteiger partial charge in [-0.3, -0.25) is 0 Å². The molecule has 0 aliphatic heterocycles. The van der Waals surface area contributed by atoms with Crippen molar-refractivity contribution in [1.82, 2.24) is 0 Å². The van der Waals surface area contributed by atoms with Crippen LogP contribution in [-0.4, -0.2) is 11.1 Å². The Balaban J connectivity index is 2.06. The molecule has 0 atom stereocenters. The van der Waals surface area contributed by atoms with E-state index in [9.17, 15) is 4.79 Å². The van der Waals surface area contributed by atoms with E-state index in [2.05, 4.69) is 35.0 Å². The third-order valence-corrected chi connectivity index (χ3v) is 3.70. The fourth-order valence-electron chi connectivity index (χ4n) is 1.80. The lowest BCUT2D eigenvalue weighted by atomic mass is 10.1. The second-order valence-electron chi connectivity index (χ2n) is 4.41. The largest absolute Gasteiger partial charge is 0.489 e. The van der Waals surface area contributed by atoms with E-state index in [1.54, 1.807) is 12.1 Å². The highest BCUT2D eigenvalue weighted by Crippen LogP contribution is 2.23. The molecule has 0 aliphatic rings. The van der Waals surface area contributed by atoms with Gasteiger partial charge >= 0.3 is 5.97 Å². The van der Waals surface area contributed by atoms with E-state index in [0.717, 1.165) is 12.0 Å². The van der Waals surface area contributed by atoms with Gasteiger partial charge in [-0.15, -0.1) is 0 Å². The van der Waals surface area contributed by atoms with Crippen molar-refractivity contribution in [3.05, 3.63) is 63.6 Å². The molecule has 2 aromatic rings. The van der Waals surface area contributed by atoms with Gasteiger partial charge in [0.15, 0.2) is 0 Å². The number of benzene rings is 2. The van der Waals surface area contributed by atoms with Crippen LogP contribution in [0.2, 0.25) is 0 Å². The predicted molar refractivity (Wildman–Crippen MR) is 81.3 cm³/mol.